The molecule has 0 bridgehead atoms. The SMILES string of the molecule is O=C(O)c1ccc(COC(=O)c2cccc(Cl)c2)cc1. The van der Waals surface area contributed by atoms with E-state index in [9.17, 15) is 9.59 Å². The summed E-state index contributed by atoms with van der Waals surface area (Å²) in [7, 11) is 0. The van der Waals surface area contributed by atoms with E-state index in [4.69, 9.17) is 21.4 Å². The normalized spacial score (nSPS) is 10.1. The van der Waals surface area contributed by atoms with Gasteiger partial charge in [-0.25, -0.2) is 9.59 Å². The third-order valence-corrected chi connectivity index (χ3v) is 2.87. The molecule has 20 heavy (non-hydrogen) atoms. The maximum absolute atomic E-state index is 11.8. The molecule has 0 atom stereocenters. The van der Waals surface area contributed by atoms with Crippen LogP contribution in [0.25, 0.3) is 0 Å². The molecule has 0 unspecified atom stereocenters. The molecule has 2 rings (SSSR count). The predicted molar refractivity (Wildman–Crippen MR) is 74.0 cm³/mol. The minimum absolute atomic E-state index is 0.0746. The van der Waals surface area contributed by atoms with Crippen LogP contribution < -0.4 is 0 Å². The number of carboxylic acid groups (broad SMARTS) is 1. The highest BCUT2D eigenvalue weighted by Crippen LogP contribution is 2.13. The zero-order valence-corrected chi connectivity index (χ0v) is 11.1. The number of carbonyl (C=O) groups is 2. The van der Waals surface area contributed by atoms with Crippen molar-refractivity contribution < 1.29 is 19.4 Å². The van der Waals surface area contributed by atoms with Crippen LogP contribution in [0.1, 0.15) is 26.3 Å². The van der Waals surface area contributed by atoms with E-state index >= 15 is 0 Å². The lowest BCUT2D eigenvalue weighted by atomic mass is 10.1. The Bertz CT molecular complexity index is 635. The predicted octanol–water partition coefficient (Wildman–Crippen LogP) is 3.40. The topological polar surface area (TPSA) is 63.6 Å². The molecular weight excluding hydrogens is 280 g/mol. The highest BCUT2D eigenvalue weighted by atomic mass is 35.5. The Hall–Kier alpha value is -2.33. The van der Waals surface area contributed by atoms with Crippen LogP contribution in [0.3, 0.4) is 0 Å². The van der Waals surface area contributed by atoms with Crippen molar-refractivity contribution in [3.8, 4) is 0 Å². The number of benzene rings is 2. The first kappa shape index (κ1) is 14.1. The summed E-state index contributed by atoms with van der Waals surface area (Å²) in [5, 5.41) is 9.23. The maximum atomic E-state index is 11.8. The van der Waals surface area contributed by atoms with Gasteiger partial charge < -0.3 is 9.84 Å². The molecule has 0 saturated carbocycles. The Morgan fingerprint density at radius 1 is 1.05 bits per heavy atom. The zero-order valence-electron chi connectivity index (χ0n) is 10.4. The molecule has 0 amide bonds. The molecule has 0 radical (unpaired) electrons. The molecule has 0 aromatic heterocycles. The number of hydrogen-bond donors (Lipinski definition) is 1. The molecule has 2 aromatic carbocycles. The summed E-state index contributed by atoms with van der Waals surface area (Å²) in [5.41, 5.74) is 1.28. The van der Waals surface area contributed by atoms with Gasteiger partial charge in [0.25, 0.3) is 0 Å². The van der Waals surface area contributed by atoms with Gasteiger partial charge in [-0.2, -0.15) is 0 Å². The van der Waals surface area contributed by atoms with Crippen molar-refractivity contribution in [2.24, 2.45) is 0 Å². The molecule has 0 heterocycles. The highest BCUT2D eigenvalue weighted by molar-refractivity contribution is 6.30. The van der Waals surface area contributed by atoms with E-state index in [0.29, 0.717) is 16.1 Å². The summed E-state index contributed by atoms with van der Waals surface area (Å²) in [5.74, 6) is -1.47. The van der Waals surface area contributed by atoms with E-state index < -0.39 is 11.9 Å². The fourth-order valence-corrected chi connectivity index (χ4v) is 1.78. The first-order chi connectivity index (χ1) is 9.56. The molecule has 2 aromatic rings. The van der Waals surface area contributed by atoms with E-state index in [1.54, 1.807) is 30.3 Å². The van der Waals surface area contributed by atoms with Crippen molar-refractivity contribution >= 4 is 23.5 Å². The monoisotopic (exact) mass is 290 g/mol. The second-order valence-electron chi connectivity index (χ2n) is 4.09. The summed E-state index contributed by atoms with van der Waals surface area (Å²) in [6.07, 6.45) is 0. The van der Waals surface area contributed by atoms with Gasteiger partial charge in [0.05, 0.1) is 11.1 Å². The van der Waals surface area contributed by atoms with Gasteiger partial charge in [0.2, 0.25) is 0 Å². The van der Waals surface area contributed by atoms with Crippen molar-refractivity contribution in [2.75, 3.05) is 0 Å². The Labute approximate surface area is 120 Å². The van der Waals surface area contributed by atoms with Gasteiger partial charge in [-0.3, -0.25) is 0 Å². The third-order valence-electron chi connectivity index (χ3n) is 2.63. The molecule has 102 valence electrons. The van der Waals surface area contributed by atoms with E-state index in [1.807, 2.05) is 0 Å². The standard InChI is InChI=1S/C15H11ClO4/c16-13-3-1-2-12(8-13)15(19)20-9-10-4-6-11(7-5-10)14(17)18/h1-8H,9H2,(H,17,18). The first-order valence-corrected chi connectivity index (χ1v) is 6.19. The first-order valence-electron chi connectivity index (χ1n) is 5.81. The molecule has 0 aliphatic rings. The van der Waals surface area contributed by atoms with Crippen LogP contribution in [0.15, 0.2) is 48.5 Å². The van der Waals surface area contributed by atoms with Gasteiger partial charge >= 0.3 is 11.9 Å². The van der Waals surface area contributed by atoms with E-state index in [0.717, 1.165) is 0 Å². The number of carboxylic acids is 1. The van der Waals surface area contributed by atoms with Crippen molar-refractivity contribution in [1.82, 2.24) is 0 Å². The van der Waals surface area contributed by atoms with Crippen LogP contribution in [0.2, 0.25) is 5.02 Å². The average molecular weight is 291 g/mol. The minimum Gasteiger partial charge on any atom is -0.478 e. The number of aromatic carboxylic acids is 1. The summed E-state index contributed by atoms with van der Waals surface area (Å²) in [6, 6.07) is 12.6. The van der Waals surface area contributed by atoms with Crippen LogP contribution in [0.4, 0.5) is 0 Å². The van der Waals surface area contributed by atoms with Gasteiger partial charge in [-0.1, -0.05) is 29.8 Å². The summed E-state index contributed by atoms with van der Waals surface area (Å²) in [4.78, 5) is 22.5. The fourth-order valence-electron chi connectivity index (χ4n) is 1.59. The van der Waals surface area contributed by atoms with Gasteiger partial charge in [-0.05, 0) is 35.9 Å². The molecule has 0 spiro atoms. The summed E-state index contributed by atoms with van der Waals surface area (Å²) in [6.45, 7) is 0.0746. The molecule has 1 N–H and O–H groups in total. The molecule has 0 aliphatic carbocycles. The van der Waals surface area contributed by atoms with Gasteiger partial charge in [0, 0.05) is 5.02 Å². The van der Waals surface area contributed by atoms with Gasteiger partial charge in [-0.15, -0.1) is 0 Å². The third kappa shape index (κ3) is 3.59. The minimum atomic E-state index is -0.993. The summed E-state index contributed by atoms with van der Waals surface area (Å²) >= 11 is 5.79. The van der Waals surface area contributed by atoms with E-state index in [-0.39, 0.29) is 12.2 Å². The molecule has 4 nitrogen and oxygen atoms in total. The smallest absolute Gasteiger partial charge is 0.338 e. The Morgan fingerprint density at radius 3 is 2.35 bits per heavy atom. The second kappa shape index (κ2) is 6.21. The highest BCUT2D eigenvalue weighted by Gasteiger charge is 2.08. The number of esters is 1. The molecule has 5 heteroatoms. The van der Waals surface area contributed by atoms with Gasteiger partial charge in [0.1, 0.15) is 6.61 Å². The molecule has 0 fully saturated rings. The lowest BCUT2D eigenvalue weighted by Gasteiger charge is -2.05. The number of hydrogen-bond acceptors (Lipinski definition) is 3. The zero-order chi connectivity index (χ0) is 14.5. The van der Waals surface area contributed by atoms with Crippen LogP contribution in [-0.2, 0) is 11.3 Å². The van der Waals surface area contributed by atoms with Crippen molar-refractivity contribution in [3.05, 3.63) is 70.2 Å². The molecule has 0 aliphatic heterocycles. The number of carbonyl (C=O) groups excluding carboxylic acids is 1. The van der Waals surface area contributed by atoms with Crippen LogP contribution in [0, 0.1) is 0 Å². The Balaban J connectivity index is 1.98. The Kier molecular flexibility index (Phi) is 4.38. The summed E-state index contributed by atoms with van der Waals surface area (Å²) < 4.78 is 5.12. The van der Waals surface area contributed by atoms with E-state index in [2.05, 4.69) is 0 Å². The van der Waals surface area contributed by atoms with Crippen LogP contribution >= 0.6 is 11.6 Å². The van der Waals surface area contributed by atoms with Crippen molar-refractivity contribution in [2.45, 2.75) is 6.61 Å². The molecular formula is C15H11ClO4. The quantitative estimate of drug-likeness (QED) is 0.877. The lowest BCUT2D eigenvalue weighted by Crippen LogP contribution is -2.05. The fraction of sp³-hybridized carbons (Fsp3) is 0.0667. The van der Waals surface area contributed by atoms with Gasteiger partial charge in [0.15, 0.2) is 0 Å². The number of rotatable bonds is 4. The second-order valence-corrected chi connectivity index (χ2v) is 4.52. The van der Waals surface area contributed by atoms with Crippen LogP contribution in [0.5, 0.6) is 0 Å². The Morgan fingerprint density at radius 2 is 1.75 bits per heavy atom. The van der Waals surface area contributed by atoms with Crippen molar-refractivity contribution in [3.63, 3.8) is 0 Å². The van der Waals surface area contributed by atoms with E-state index in [1.165, 1.54) is 18.2 Å². The lowest BCUT2D eigenvalue weighted by molar-refractivity contribution is 0.0472. The average Bonchev–Trinajstić information content (AvgIpc) is 2.45. The molecule has 0 saturated heterocycles. The number of ether oxygens (including phenoxy) is 1. The maximum Gasteiger partial charge on any atom is 0.338 e. The number of halogens is 1. The largest absolute Gasteiger partial charge is 0.478 e. The van der Waals surface area contributed by atoms with Crippen LogP contribution in [-0.4, -0.2) is 17.0 Å². The van der Waals surface area contributed by atoms with Crippen molar-refractivity contribution in [1.29, 1.82) is 0 Å².